The quantitative estimate of drug-likeness (QED) is 0.587. The summed E-state index contributed by atoms with van der Waals surface area (Å²) < 4.78 is 19.1. The minimum Gasteiger partial charge on any atom is -0.441 e. The molecule has 0 aliphatic carbocycles. The zero-order valence-electron chi connectivity index (χ0n) is 12.2. The number of oxazole rings is 1. The molecule has 0 saturated carbocycles. The summed E-state index contributed by atoms with van der Waals surface area (Å²) in [5.41, 5.74) is 2.78. The molecule has 0 atom stereocenters. The van der Waals surface area contributed by atoms with Crippen molar-refractivity contribution in [1.82, 2.24) is 9.97 Å². The summed E-state index contributed by atoms with van der Waals surface area (Å²) in [5.74, 6) is -0.151. The van der Waals surface area contributed by atoms with Crippen LogP contribution in [0.5, 0.6) is 0 Å². The SMILES string of the molecule is Cc1nc2ccc(NC(=O)c3cc4c(F)cccc4[nH]3)cc2o1. The van der Waals surface area contributed by atoms with Crippen LogP contribution in [-0.2, 0) is 0 Å². The molecule has 114 valence electrons. The highest BCUT2D eigenvalue weighted by atomic mass is 19.1. The second-order valence-electron chi connectivity index (χ2n) is 5.25. The fourth-order valence-electron chi connectivity index (χ4n) is 2.56. The summed E-state index contributed by atoms with van der Waals surface area (Å²) in [5, 5.41) is 3.15. The van der Waals surface area contributed by atoms with Crippen LogP contribution < -0.4 is 5.32 Å². The molecule has 4 rings (SSSR count). The van der Waals surface area contributed by atoms with Gasteiger partial charge < -0.3 is 14.7 Å². The van der Waals surface area contributed by atoms with Gasteiger partial charge in [0.05, 0.1) is 0 Å². The van der Waals surface area contributed by atoms with E-state index in [0.29, 0.717) is 33.8 Å². The van der Waals surface area contributed by atoms with E-state index in [4.69, 9.17) is 4.42 Å². The lowest BCUT2D eigenvalue weighted by Crippen LogP contribution is -2.12. The Morgan fingerprint density at radius 3 is 2.96 bits per heavy atom. The predicted octanol–water partition coefficient (Wildman–Crippen LogP) is 4.01. The number of nitrogens with one attached hydrogen (secondary N) is 2. The maximum Gasteiger partial charge on any atom is 0.272 e. The number of amides is 1. The Hall–Kier alpha value is -3.15. The number of aromatic amines is 1. The molecule has 0 aliphatic heterocycles. The second kappa shape index (κ2) is 4.95. The molecule has 1 amide bonds. The van der Waals surface area contributed by atoms with E-state index in [0.717, 1.165) is 5.52 Å². The molecule has 4 aromatic rings. The molecule has 0 saturated heterocycles. The van der Waals surface area contributed by atoms with Gasteiger partial charge in [0.2, 0.25) is 0 Å². The number of nitrogens with zero attached hydrogens (tertiary/aromatic N) is 1. The molecule has 2 heterocycles. The number of fused-ring (bicyclic) bond motifs is 2. The largest absolute Gasteiger partial charge is 0.441 e. The molecule has 2 aromatic heterocycles. The van der Waals surface area contributed by atoms with Crippen molar-refractivity contribution in [2.24, 2.45) is 0 Å². The third-order valence-electron chi connectivity index (χ3n) is 3.61. The molecule has 0 spiro atoms. The van der Waals surface area contributed by atoms with Crippen molar-refractivity contribution in [1.29, 1.82) is 0 Å². The summed E-state index contributed by atoms with van der Waals surface area (Å²) >= 11 is 0. The van der Waals surface area contributed by atoms with E-state index >= 15 is 0 Å². The number of rotatable bonds is 2. The molecule has 0 unspecified atom stereocenters. The summed E-state index contributed by atoms with van der Waals surface area (Å²) in [6, 6.07) is 11.4. The minimum atomic E-state index is -0.364. The summed E-state index contributed by atoms with van der Waals surface area (Å²) in [6.07, 6.45) is 0. The molecular weight excluding hydrogens is 297 g/mol. The van der Waals surface area contributed by atoms with Crippen molar-refractivity contribution in [2.45, 2.75) is 6.92 Å². The number of aryl methyl sites for hydroxylation is 1. The Morgan fingerprint density at radius 1 is 1.26 bits per heavy atom. The van der Waals surface area contributed by atoms with E-state index in [1.54, 1.807) is 37.3 Å². The number of anilines is 1. The van der Waals surface area contributed by atoms with Crippen LogP contribution in [-0.4, -0.2) is 15.9 Å². The van der Waals surface area contributed by atoms with Crippen LogP contribution in [0, 0.1) is 12.7 Å². The van der Waals surface area contributed by atoms with E-state index < -0.39 is 0 Å². The number of hydrogen-bond acceptors (Lipinski definition) is 3. The Kier molecular flexibility index (Phi) is 2.90. The van der Waals surface area contributed by atoms with Crippen molar-refractivity contribution < 1.29 is 13.6 Å². The first kappa shape index (κ1) is 13.5. The number of hydrogen-bond donors (Lipinski definition) is 2. The van der Waals surface area contributed by atoms with Gasteiger partial charge in [0.25, 0.3) is 5.91 Å². The molecule has 0 radical (unpaired) electrons. The maximum absolute atomic E-state index is 13.7. The fraction of sp³-hybridized carbons (Fsp3) is 0.0588. The first-order valence-corrected chi connectivity index (χ1v) is 7.06. The topological polar surface area (TPSA) is 70.9 Å². The monoisotopic (exact) mass is 309 g/mol. The van der Waals surface area contributed by atoms with Crippen LogP contribution in [0.2, 0.25) is 0 Å². The maximum atomic E-state index is 13.7. The Bertz CT molecular complexity index is 1050. The van der Waals surface area contributed by atoms with Crippen molar-refractivity contribution >= 4 is 33.6 Å². The molecule has 6 heteroatoms. The summed E-state index contributed by atoms with van der Waals surface area (Å²) in [6.45, 7) is 1.76. The minimum absolute atomic E-state index is 0.291. The number of benzene rings is 2. The number of halogens is 1. The highest BCUT2D eigenvalue weighted by Gasteiger charge is 2.12. The molecule has 0 aliphatic rings. The Morgan fingerprint density at radius 2 is 2.13 bits per heavy atom. The number of H-pyrrole nitrogens is 1. The van der Waals surface area contributed by atoms with Gasteiger partial charge in [-0.05, 0) is 30.3 Å². The Labute approximate surface area is 130 Å². The van der Waals surface area contributed by atoms with Crippen LogP contribution >= 0.6 is 0 Å². The van der Waals surface area contributed by atoms with Crippen molar-refractivity contribution in [3.05, 3.63) is 59.9 Å². The van der Waals surface area contributed by atoms with E-state index in [9.17, 15) is 9.18 Å². The van der Waals surface area contributed by atoms with Gasteiger partial charge in [0.1, 0.15) is 17.0 Å². The van der Waals surface area contributed by atoms with Crippen molar-refractivity contribution in [3.8, 4) is 0 Å². The number of carbonyl (C=O) groups is 1. The average molecular weight is 309 g/mol. The van der Waals surface area contributed by atoms with Gasteiger partial charge in [-0.1, -0.05) is 6.07 Å². The third kappa shape index (κ3) is 2.34. The normalized spacial score (nSPS) is 11.2. The molecule has 2 aromatic carbocycles. The second-order valence-corrected chi connectivity index (χ2v) is 5.25. The fourth-order valence-corrected chi connectivity index (χ4v) is 2.56. The van der Waals surface area contributed by atoms with E-state index in [2.05, 4.69) is 15.3 Å². The zero-order valence-corrected chi connectivity index (χ0v) is 12.2. The van der Waals surface area contributed by atoms with Gasteiger partial charge >= 0.3 is 0 Å². The van der Waals surface area contributed by atoms with Crippen LogP contribution in [0.3, 0.4) is 0 Å². The molecule has 0 fully saturated rings. The molecule has 23 heavy (non-hydrogen) atoms. The van der Waals surface area contributed by atoms with Gasteiger partial charge in [0.15, 0.2) is 11.5 Å². The van der Waals surface area contributed by atoms with Gasteiger partial charge in [-0.2, -0.15) is 0 Å². The summed E-state index contributed by atoms with van der Waals surface area (Å²) in [7, 11) is 0. The van der Waals surface area contributed by atoms with Gasteiger partial charge in [-0.15, -0.1) is 0 Å². The van der Waals surface area contributed by atoms with Crippen LogP contribution in [0.25, 0.3) is 22.0 Å². The van der Waals surface area contributed by atoms with Crippen molar-refractivity contribution in [2.75, 3.05) is 5.32 Å². The van der Waals surface area contributed by atoms with Crippen molar-refractivity contribution in [3.63, 3.8) is 0 Å². The molecular formula is C17H12FN3O2. The predicted molar refractivity (Wildman–Crippen MR) is 85.0 cm³/mol. The van der Waals surface area contributed by atoms with Crippen LogP contribution in [0.15, 0.2) is 46.9 Å². The van der Waals surface area contributed by atoms with Crippen LogP contribution in [0.1, 0.15) is 16.4 Å². The molecule has 0 bridgehead atoms. The smallest absolute Gasteiger partial charge is 0.272 e. The van der Waals surface area contributed by atoms with E-state index in [1.807, 2.05) is 0 Å². The standard InChI is InChI=1S/C17H12FN3O2/c1-9-19-14-6-5-10(7-16(14)23-9)20-17(22)15-8-11-12(18)3-2-4-13(11)21-15/h2-8,21H,1H3,(H,20,22). The van der Waals surface area contributed by atoms with E-state index in [1.165, 1.54) is 12.1 Å². The zero-order chi connectivity index (χ0) is 16.0. The van der Waals surface area contributed by atoms with Gasteiger partial charge in [0, 0.05) is 29.6 Å². The lowest BCUT2D eigenvalue weighted by Gasteiger charge is -2.02. The van der Waals surface area contributed by atoms with E-state index in [-0.39, 0.29) is 11.7 Å². The van der Waals surface area contributed by atoms with Gasteiger partial charge in [-0.3, -0.25) is 4.79 Å². The number of carbonyl (C=O) groups excluding carboxylic acids is 1. The third-order valence-corrected chi connectivity index (χ3v) is 3.61. The summed E-state index contributed by atoms with van der Waals surface area (Å²) in [4.78, 5) is 19.4. The first-order valence-electron chi connectivity index (χ1n) is 7.06. The average Bonchev–Trinajstić information content (AvgIpc) is 3.10. The molecule has 2 N–H and O–H groups in total. The first-order chi connectivity index (χ1) is 11.1. The Balaban J connectivity index is 1.65. The molecule has 5 nitrogen and oxygen atoms in total. The van der Waals surface area contributed by atoms with Gasteiger partial charge in [-0.25, -0.2) is 9.37 Å². The lowest BCUT2D eigenvalue weighted by molar-refractivity contribution is 0.102. The van der Waals surface area contributed by atoms with Crippen LogP contribution in [0.4, 0.5) is 10.1 Å². The number of aromatic nitrogens is 2. The lowest BCUT2D eigenvalue weighted by atomic mass is 10.2. The highest BCUT2D eigenvalue weighted by Crippen LogP contribution is 2.22. The highest BCUT2D eigenvalue weighted by molar-refractivity contribution is 6.06.